The van der Waals surface area contributed by atoms with Crippen molar-refractivity contribution in [2.45, 2.75) is 114 Å². The number of aliphatic carboxylic acids is 2. The van der Waals surface area contributed by atoms with Gasteiger partial charge >= 0.3 is 11.9 Å². The number of phenols is 3. The van der Waals surface area contributed by atoms with E-state index in [1.165, 1.54) is 74.5 Å². The summed E-state index contributed by atoms with van der Waals surface area (Å²) in [6.45, 7) is 1.64. The number of rotatable bonds is 33. The Hall–Kier alpha value is -8.85. The standard InChI is InChI=1S/C51H69N11O16/c1-27(2)44(51(78)61-37(47(74)56-26-43(70)71)22-29-8-14-32(64)15-9-29)62-50(77)39(24-40(54)66)60-49(76)38(23-30-10-16-33(65)17-11-30)57-41(67)25-55-46(73)36(18-19-42(68)69)59-48(75)35(5-3-4-20-52)58-45(72)34(53)21-28-6-12-31(63)13-7-28/h6-17,27,34-39,44,63-65H,3-5,18-26,52-53H2,1-2H3,(H2,54,66)(H,55,73)(H,56,74)(H,57,67)(H,58,72)(H,59,75)(H,60,76)(H,61,78)(H,62,77)(H,68,69)(H,70,71)/t34-,35-,36-,37-,38-,39-,44-/m0/s1. The third-order valence-corrected chi connectivity index (χ3v) is 11.7. The molecule has 0 unspecified atom stereocenters. The van der Waals surface area contributed by atoms with Gasteiger partial charge in [0.25, 0.3) is 0 Å². The number of hydrogen-bond donors (Lipinski definition) is 16. The highest BCUT2D eigenvalue weighted by Crippen LogP contribution is 2.15. The van der Waals surface area contributed by atoms with Crippen LogP contribution in [0.3, 0.4) is 0 Å². The molecule has 19 N–H and O–H groups in total. The van der Waals surface area contributed by atoms with Crippen LogP contribution in [0.4, 0.5) is 0 Å². The Bertz CT molecular complexity index is 2570. The molecule has 0 aliphatic rings. The fourth-order valence-corrected chi connectivity index (χ4v) is 7.54. The number of benzene rings is 3. The van der Waals surface area contributed by atoms with Gasteiger partial charge in [-0.25, -0.2) is 0 Å². The van der Waals surface area contributed by atoms with Gasteiger partial charge in [-0.2, -0.15) is 0 Å². The molecule has 3 aromatic rings. The first kappa shape index (κ1) is 63.4. The topological polar surface area (TPSA) is 463 Å². The Balaban J connectivity index is 1.81. The molecule has 0 saturated heterocycles. The van der Waals surface area contributed by atoms with Gasteiger partial charge in [-0.15, -0.1) is 0 Å². The van der Waals surface area contributed by atoms with Crippen LogP contribution in [0.15, 0.2) is 72.8 Å². The van der Waals surface area contributed by atoms with Crippen LogP contribution in [0.2, 0.25) is 0 Å². The molecule has 0 heterocycles. The van der Waals surface area contributed by atoms with Crippen molar-refractivity contribution in [3.8, 4) is 17.2 Å². The second kappa shape index (κ2) is 31.9. The third-order valence-electron chi connectivity index (χ3n) is 11.7. The predicted octanol–water partition coefficient (Wildman–Crippen LogP) is -3.09. The summed E-state index contributed by atoms with van der Waals surface area (Å²) in [6, 6.07) is 6.63. The average Bonchev–Trinajstić information content (AvgIpc) is 3.38. The lowest BCUT2D eigenvalue weighted by atomic mass is 10.00. The molecule has 3 rings (SSSR count). The van der Waals surface area contributed by atoms with Gasteiger partial charge in [0.1, 0.15) is 60.0 Å². The molecule has 0 fully saturated rings. The number of carboxylic acids is 2. The van der Waals surface area contributed by atoms with Crippen LogP contribution in [0.25, 0.3) is 0 Å². The van der Waals surface area contributed by atoms with Gasteiger partial charge in [-0.1, -0.05) is 50.2 Å². The molecule has 27 nitrogen and oxygen atoms in total. The number of carbonyl (C=O) groups excluding carboxylic acids is 9. The molecule has 0 spiro atoms. The van der Waals surface area contributed by atoms with Gasteiger partial charge in [0.05, 0.1) is 19.0 Å². The third kappa shape index (κ3) is 23.0. The second-order valence-electron chi connectivity index (χ2n) is 18.5. The van der Waals surface area contributed by atoms with Crippen LogP contribution in [0.1, 0.15) is 69.1 Å². The average molecular weight is 1090 g/mol. The van der Waals surface area contributed by atoms with Crippen molar-refractivity contribution >= 4 is 65.1 Å². The van der Waals surface area contributed by atoms with Gasteiger partial charge in [-0.3, -0.25) is 52.7 Å². The fourth-order valence-electron chi connectivity index (χ4n) is 7.54. The first-order valence-corrected chi connectivity index (χ1v) is 24.7. The van der Waals surface area contributed by atoms with Gasteiger partial charge in [0, 0.05) is 19.3 Å². The zero-order chi connectivity index (χ0) is 58.1. The summed E-state index contributed by atoms with van der Waals surface area (Å²) in [7, 11) is 0. The fraction of sp³-hybridized carbons (Fsp3) is 0.431. The van der Waals surface area contributed by atoms with E-state index in [-0.39, 0.29) is 49.5 Å². The highest BCUT2D eigenvalue weighted by molar-refractivity contribution is 5.98. The van der Waals surface area contributed by atoms with Gasteiger partial charge < -0.3 is 85.3 Å². The summed E-state index contributed by atoms with van der Waals surface area (Å²) < 4.78 is 0. The Morgan fingerprint density at radius 2 is 0.897 bits per heavy atom. The number of amides is 9. The van der Waals surface area contributed by atoms with Crippen molar-refractivity contribution in [3.05, 3.63) is 89.5 Å². The van der Waals surface area contributed by atoms with E-state index in [9.17, 15) is 73.2 Å². The van der Waals surface area contributed by atoms with Crippen molar-refractivity contribution in [1.29, 1.82) is 0 Å². The van der Waals surface area contributed by atoms with Crippen molar-refractivity contribution in [2.24, 2.45) is 23.1 Å². The predicted molar refractivity (Wildman–Crippen MR) is 277 cm³/mol. The van der Waals surface area contributed by atoms with Crippen LogP contribution in [0, 0.1) is 5.92 Å². The Morgan fingerprint density at radius 1 is 0.474 bits per heavy atom. The van der Waals surface area contributed by atoms with E-state index in [4.69, 9.17) is 22.3 Å². The molecule has 424 valence electrons. The second-order valence-corrected chi connectivity index (χ2v) is 18.5. The Morgan fingerprint density at radius 3 is 1.38 bits per heavy atom. The molecular weight excluding hydrogens is 1020 g/mol. The molecule has 3 aromatic carbocycles. The van der Waals surface area contributed by atoms with Gasteiger partial charge in [0.15, 0.2) is 0 Å². The highest BCUT2D eigenvalue weighted by atomic mass is 16.4. The molecular formula is C51H69N11O16. The number of carbonyl (C=O) groups is 11. The van der Waals surface area contributed by atoms with Crippen molar-refractivity contribution in [2.75, 3.05) is 19.6 Å². The largest absolute Gasteiger partial charge is 0.508 e. The molecule has 78 heavy (non-hydrogen) atoms. The lowest BCUT2D eigenvalue weighted by Crippen LogP contribution is -2.60. The number of phenolic OH excluding ortho intramolecular Hbond substituents is 3. The lowest BCUT2D eigenvalue weighted by molar-refractivity contribution is -0.139. The van der Waals surface area contributed by atoms with Crippen LogP contribution >= 0.6 is 0 Å². The van der Waals surface area contributed by atoms with Gasteiger partial charge in [0.2, 0.25) is 53.2 Å². The molecule has 0 bridgehead atoms. The molecule has 0 aliphatic heterocycles. The number of nitrogens with two attached hydrogens (primary N) is 3. The van der Waals surface area contributed by atoms with E-state index in [0.717, 1.165) is 0 Å². The number of hydrogen-bond acceptors (Lipinski definition) is 16. The summed E-state index contributed by atoms with van der Waals surface area (Å²) >= 11 is 0. The normalized spacial score (nSPS) is 13.6. The van der Waals surface area contributed by atoms with Crippen LogP contribution < -0.4 is 59.7 Å². The number of primary amides is 1. The number of carboxylic acid groups (broad SMARTS) is 2. The highest BCUT2D eigenvalue weighted by Gasteiger charge is 2.35. The summed E-state index contributed by atoms with van der Waals surface area (Å²) in [6.07, 6.45) is -1.58. The van der Waals surface area contributed by atoms with E-state index in [1.54, 1.807) is 12.1 Å². The van der Waals surface area contributed by atoms with E-state index in [1.807, 2.05) is 0 Å². The molecule has 0 aromatic heterocycles. The monoisotopic (exact) mass is 1090 g/mol. The summed E-state index contributed by atoms with van der Waals surface area (Å²) in [5, 5.41) is 67.0. The summed E-state index contributed by atoms with van der Waals surface area (Å²) in [5.74, 6) is -12.5. The summed E-state index contributed by atoms with van der Waals surface area (Å²) in [4.78, 5) is 144. The number of nitrogens with one attached hydrogen (secondary N) is 8. The molecule has 0 aliphatic carbocycles. The Labute approximate surface area is 448 Å². The number of aromatic hydroxyl groups is 3. The molecule has 0 radical (unpaired) electrons. The van der Waals surface area contributed by atoms with Crippen LogP contribution in [0.5, 0.6) is 17.2 Å². The SMILES string of the molecule is CC(C)[C@H](NC(=O)[C@H](CC(N)=O)NC(=O)[C@H](Cc1ccc(O)cc1)NC(=O)CNC(=O)[C@H](CCC(=O)O)NC(=O)[C@H](CCCCN)NC(=O)[C@@H](N)Cc1ccc(O)cc1)C(=O)N[C@@H](Cc1ccc(O)cc1)C(=O)NCC(=O)O. The van der Waals surface area contributed by atoms with Crippen molar-refractivity contribution in [1.82, 2.24) is 42.5 Å². The zero-order valence-electron chi connectivity index (χ0n) is 43.0. The zero-order valence-corrected chi connectivity index (χ0v) is 43.0. The quantitative estimate of drug-likeness (QED) is 0.0269. The first-order valence-electron chi connectivity index (χ1n) is 24.7. The maximum Gasteiger partial charge on any atom is 0.322 e. The maximum absolute atomic E-state index is 14.1. The Kier molecular flexibility index (Phi) is 25.9. The molecule has 0 saturated carbocycles. The minimum atomic E-state index is -1.80. The molecule has 27 heteroatoms. The molecule has 7 atom stereocenters. The minimum Gasteiger partial charge on any atom is -0.508 e. The van der Waals surface area contributed by atoms with E-state index in [0.29, 0.717) is 29.5 Å². The molecule has 9 amide bonds. The maximum atomic E-state index is 14.1. The summed E-state index contributed by atoms with van der Waals surface area (Å²) in [5.41, 5.74) is 18.7. The number of unbranched alkanes of at least 4 members (excludes halogenated alkanes) is 1. The van der Waals surface area contributed by atoms with E-state index in [2.05, 4.69) is 42.5 Å². The minimum absolute atomic E-state index is 0.00322. The lowest BCUT2D eigenvalue weighted by Gasteiger charge is -2.28. The van der Waals surface area contributed by atoms with E-state index < -0.39 is 146 Å². The smallest absolute Gasteiger partial charge is 0.322 e. The first-order chi connectivity index (χ1) is 36.8. The van der Waals surface area contributed by atoms with E-state index >= 15 is 0 Å². The van der Waals surface area contributed by atoms with Crippen LogP contribution in [-0.4, -0.2) is 153 Å². The van der Waals surface area contributed by atoms with Crippen molar-refractivity contribution in [3.63, 3.8) is 0 Å². The van der Waals surface area contributed by atoms with Crippen molar-refractivity contribution < 1.29 is 78.3 Å². The van der Waals surface area contributed by atoms with Crippen LogP contribution in [-0.2, 0) is 72.0 Å². The van der Waals surface area contributed by atoms with Gasteiger partial charge in [-0.05, 0) is 97.7 Å².